The average Bonchev–Trinajstić information content (AvgIpc) is 4.60. The zero-order chi connectivity index (χ0) is 57.4. The van der Waals surface area contributed by atoms with Crippen molar-refractivity contribution in [3.05, 3.63) is 168 Å². The minimum atomic E-state index is -4.00. The van der Waals surface area contributed by atoms with Crippen molar-refractivity contribution in [1.82, 2.24) is 26.7 Å². The second kappa shape index (κ2) is 26.5. The van der Waals surface area contributed by atoms with E-state index in [-0.39, 0.29) is 70.7 Å². The molecule has 14 nitrogen and oxygen atoms in total. The van der Waals surface area contributed by atoms with Gasteiger partial charge in [0.1, 0.15) is 0 Å². The van der Waals surface area contributed by atoms with Crippen LogP contribution in [0.25, 0.3) is 21.8 Å². The van der Waals surface area contributed by atoms with E-state index < -0.39 is 40.1 Å². The van der Waals surface area contributed by atoms with Gasteiger partial charge in [0.2, 0.25) is 40.1 Å². The maximum atomic E-state index is 14.6. The summed E-state index contributed by atoms with van der Waals surface area (Å²) in [6.45, 7) is 11.8. The fourth-order valence-electron chi connectivity index (χ4n) is 10.8. The highest BCUT2D eigenvalue weighted by Crippen LogP contribution is 2.34. The van der Waals surface area contributed by atoms with Crippen molar-refractivity contribution in [2.75, 3.05) is 72.0 Å². The molecule has 18 heteroatoms. The summed E-state index contributed by atoms with van der Waals surface area (Å²) in [4.78, 5) is 3.12. The lowest BCUT2D eigenvalue weighted by atomic mass is 10.2. The van der Waals surface area contributed by atoms with E-state index >= 15 is 0 Å². The van der Waals surface area contributed by atoms with E-state index in [4.69, 9.17) is 0 Å². The molecule has 0 saturated heterocycles. The summed E-state index contributed by atoms with van der Waals surface area (Å²) in [5.74, 6) is 0.563. The molecule has 7 aromatic rings. The average molecular weight is 1180 g/mol. The maximum absolute atomic E-state index is 14.6. The van der Waals surface area contributed by atoms with Crippen LogP contribution in [-0.4, -0.2) is 132 Å². The molecule has 0 spiro atoms. The first-order chi connectivity index (χ1) is 38.8. The molecule has 2 aliphatic carbocycles. The molecule has 434 valence electrons. The van der Waals surface area contributed by atoms with Crippen molar-refractivity contribution < 1.29 is 33.7 Å². The molecule has 0 aliphatic heterocycles. The van der Waals surface area contributed by atoms with Crippen LogP contribution in [0.4, 0.5) is 0 Å². The largest absolute Gasteiger partial charge is 0.340 e. The van der Waals surface area contributed by atoms with Gasteiger partial charge in [0.05, 0.1) is 19.6 Å². The molecular formula is C63H80N6O8S4. The molecule has 2 aliphatic rings. The van der Waals surface area contributed by atoms with Crippen LogP contribution in [0.1, 0.15) is 80.0 Å². The molecule has 9 rings (SSSR count). The molecule has 0 N–H and O–H groups in total. The molecule has 0 amide bonds. The van der Waals surface area contributed by atoms with Crippen molar-refractivity contribution in [1.29, 1.82) is 0 Å². The Morgan fingerprint density at radius 1 is 0.346 bits per heavy atom. The number of rotatable bonds is 32. The zero-order valence-electron chi connectivity index (χ0n) is 47.4. The first kappa shape index (κ1) is 60.3. The molecule has 2 fully saturated rings. The van der Waals surface area contributed by atoms with E-state index in [2.05, 4.69) is 58.0 Å². The summed E-state index contributed by atoms with van der Waals surface area (Å²) in [7, 11) is -15.6. The number of nitrogens with zero attached hydrogens (tertiary/aromatic N) is 6. The van der Waals surface area contributed by atoms with Gasteiger partial charge in [0.15, 0.2) is 0 Å². The van der Waals surface area contributed by atoms with Gasteiger partial charge in [-0.2, -0.15) is 17.2 Å². The third-order valence-corrected chi connectivity index (χ3v) is 23.5. The lowest BCUT2D eigenvalue weighted by molar-refractivity contribution is 0.239. The standard InChI is InChI=1S/C63H80N6O8S4/c1-50-18-30-56(31-19-50)78(70,71)65(43-12-45-67(48-54-26-27-54)80(74,75)58-34-22-52(3)23-35-58)41-9-38-64(40-11-47-69-62-16-7-5-14-60(62)61-15-6-8-17-63(61)69)39-10-42-66(79(72,73)57-32-20-51(2)21-33-57)44-13-46-68(49-55-28-29-55)81(76,77)59-36-24-53(4)25-37-59/h5-8,14-25,30-37,54-55H,9-13,26-29,38-49H2,1-4H3. The number of hydrogen-bond acceptors (Lipinski definition) is 9. The number of sulfonamides is 4. The molecule has 6 aromatic carbocycles. The monoisotopic (exact) mass is 1180 g/mol. The van der Waals surface area contributed by atoms with E-state index in [1.807, 2.05) is 27.7 Å². The highest BCUT2D eigenvalue weighted by Gasteiger charge is 2.34. The summed E-state index contributed by atoms with van der Waals surface area (Å²) in [6, 6.07) is 44.2. The number of aryl methyl sites for hydroxylation is 5. The summed E-state index contributed by atoms with van der Waals surface area (Å²) in [5.41, 5.74) is 6.07. The van der Waals surface area contributed by atoms with Crippen molar-refractivity contribution in [2.24, 2.45) is 11.8 Å². The van der Waals surface area contributed by atoms with Gasteiger partial charge in [-0.05, 0) is 178 Å². The molecule has 0 unspecified atom stereocenters. The molecule has 81 heavy (non-hydrogen) atoms. The Bertz CT molecular complexity index is 3440. The highest BCUT2D eigenvalue weighted by atomic mass is 32.2. The Morgan fingerprint density at radius 2 is 0.617 bits per heavy atom. The lowest BCUT2D eigenvalue weighted by Crippen LogP contribution is -2.39. The number of aromatic nitrogens is 1. The summed E-state index contributed by atoms with van der Waals surface area (Å²) in [6.07, 6.45) is 6.14. The third-order valence-electron chi connectivity index (χ3n) is 15.9. The van der Waals surface area contributed by atoms with Gasteiger partial charge in [-0.3, -0.25) is 0 Å². The van der Waals surface area contributed by atoms with Crippen LogP contribution < -0.4 is 0 Å². The van der Waals surface area contributed by atoms with E-state index in [1.165, 1.54) is 28.0 Å². The summed E-state index contributed by atoms with van der Waals surface area (Å²) < 4.78 is 123. The Labute approximate surface area is 482 Å². The van der Waals surface area contributed by atoms with Crippen LogP contribution in [0.3, 0.4) is 0 Å². The predicted molar refractivity (Wildman–Crippen MR) is 324 cm³/mol. The number of benzene rings is 6. The maximum Gasteiger partial charge on any atom is 0.243 e. The van der Waals surface area contributed by atoms with Crippen LogP contribution >= 0.6 is 0 Å². The van der Waals surface area contributed by atoms with Crippen LogP contribution in [0.5, 0.6) is 0 Å². The Hall–Kier alpha value is -5.28. The molecule has 1 aromatic heterocycles. The summed E-state index contributed by atoms with van der Waals surface area (Å²) >= 11 is 0. The van der Waals surface area contributed by atoms with Crippen LogP contribution in [0.2, 0.25) is 0 Å². The Balaban J connectivity index is 0.937. The topological polar surface area (TPSA) is 158 Å². The fourth-order valence-corrected chi connectivity index (χ4v) is 16.9. The van der Waals surface area contributed by atoms with Gasteiger partial charge in [-0.1, -0.05) is 107 Å². The van der Waals surface area contributed by atoms with Crippen molar-refractivity contribution in [3.63, 3.8) is 0 Å². The van der Waals surface area contributed by atoms with Crippen molar-refractivity contribution in [2.45, 2.75) is 112 Å². The minimum Gasteiger partial charge on any atom is -0.340 e. The molecule has 2 saturated carbocycles. The quantitative estimate of drug-likeness (QED) is 0.0400. The molecule has 0 radical (unpaired) electrons. The van der Waals surface area contributed by atoms with Crippen molar-refractivity contribution >= 4 is 61.9 Å². The van der Waals surface area contributed by atoms with Crippen LogP contribution in [0.15, 0.2) is 165 Å². The van der Waals surface area contributed by atoms with E-state index in [1.54, 1.807) is 97.1 Å². The normalized spacial score (nSPS) is 14.7. The minimum absolute atomic E-state index is 0.116. The summed E-state index contributed by atoms with van der Waals surface area (Å²) in [5, 5.41) is 2.36. The highest BCUT2D eigenvalue weighted by molar-refractivity contribution is 7.90. The lowest BCUT2D eigenvalue weighted by Gasteiger charge is -2.28. The molecular weight excluding hydrogens is 1100 g/mol. The van der Waals surface area contributed by atoms with Gasteiger partial charge in [-0.15, -0.1) is 0 Å². The first-order valence-electron chi connectivity index (χ1n) is 28.8. The predicted octanol–water partition coefficient (Wildman–Crippen LogP) is 10.9. The van der Waals surface area contributed by atoms with E-state index in [0.717, 1.165) is 71.9 Å². The van der Waals surface area contributed by atoms with E-state index in [0.29, 0.717) is 58.4 Å². The second-order valence-electron chi connectivity index (χ2n) is 22.5. The van der Waals surface area contributed by atoms with Gasteiger partial charge in [0, 0.05) is 80.7 Å². The fraction of sp³-hybridized carbons (Fsp3) is 0.429. The molecule has 1 heterocycles. The van der Waals surface area contributed by atoms with Gasteiger partial charge in [-0.25, -0.2) is 33.7 Å². The SMILES string of the molecule is Cc1ccc(S(=O)(=O)N(CCCN(CCCN(CCCN(CC2CC2)S(=O)(=O)c2ccc(C)cc2)S(=O)(=O)c2ccc(C)cc2)CCCn2c3ccccc3c3ccccc32)CCCN(CC2CC2)S(=O)(=O)c2ccc(C)cc2)cc1. The van der Waals surface area contributed by atoms with Gasteiger partial charge in [0.25, 0.3) is 0 Å². The smallest absolute Gasteiger partial charge is 0.243 e. The second-order valence-corrected chi connectivity index (χ2v) is 30.2. The Morgan fingerprint density at radius 3 is 0.938 bits per heavy atom. The van der Waals surface area contributed by atoms with Gasteiger partial charge < -0.3 is 9.47 Å². The van der Waals surface area contributed by atoms with E-state index in [9.17, 15) is 33.7 Å². The van der Waals surface area contributed by atoms with Crippen molar-refractivity contribution in [3.8, 4) is 0 Å². The number of hydrogen-bond donors (Lipinski definition) is 0. The number of fused-ring (bicyclic) bond motifs is 3. The zero-order valence-corrected chi connectivity index (χ0v) is 50.7. The third kappa shape index (κ3) is 15.3. The van der Waals surface area contributed by atoms with Gasteiger partial charge >= 0.3 is 0 Å². The Kier molecular flexibility index (Phi) is 19.8. The van der Waals surface area contributed by atoms with Crippen LogP contribution in [0, 0.1) is 39.5 Å². The molecule has 0 atom stereocenters. The first-order valence-corrected chi connectivity index (χ1v) is 34.5. The van der Waals surface area contributed by atoms with Crippen LogP contribution in [-0.2, 0) is 46.6 Å². The number of para-hydroxylation sites is 2. The molecule has 0 bridgehead atoms.